The fourth-order valence-corrected chi connectivity index (χ4v) is 5.23. The molecule has 0 N–H and O–H groups in total. The summed E-state index contributed by atoms with van der Waals surface area (Å²) >= 11 is 7.45. The van der Waals surface area contributed by atoms with Gasteiger partial charge in [-0.25, -0.2) is 0 Å². The maximum atomic E-state index is 13.2. The van der Waals surface area contributed by atoms with E-state index in [-0.39, 0.29) is 17.6 Å². The van der Waals surface area contributed by atoms with E-state index in [9.17, 15) is 9.59 Å². The van der Waals surface area contributed by atoms with Crippen molar-refractivity contribution in [2.45, 2.75) is 20.4 Å². The number of aromatic nitrogens is 3. The highest BCUT2D eigenvalue weighted by Crippen LogP contribution is 2.30. The van der Waals surface area contributed by atoms with Crippen LogP contribution in [0.1, 0.15) is 37.2 Å². The van der Waals surface area contributed by atoms with E-state index >= 15 is 0 Å². The summed E-state index contributed by atoms with van der Waals surface area (Å²) in [4.78, 5) is 30.9. The van der Waals surface area contributed by atoms with Gasteiger partial charge in [-0.3, -0.25) is 14.3 Å². The summed E-state index contributed by atoms with van der Waals surface area (Å²) in [6, 6.07) is 11.2. The minimum atomic E-state index is -0.192. The van der Waals surface area contributed by atoms with Gasteiger partial charge in [0.15, 0.2) is 0 Å². The third-order valence-electron chi connectivity index (χ3n) is 5.76. The van der Waals surface area contributed by atoms with Crippen molar-refractivity contribution < 1.29 is 14.1 Å². The molecule has 8 nitrogen and oxygen atoms in total. The molecule has 2 amide bonds. The summed E-state index contributed by atoms with van der Waals surface area (Å²) in [5.74, 6) is 0.0243. The summed E-state index contributed by atoms with van der Waals surface area (Å²) in [5.41, 5.74) is 2.65. The van der Waals surface area contributed by atoms with Gasteiger partial charge in [0.25, 0.3) is 11.8 Å². The van der Waals surface area contributed by atoms with Crippen LogP contribution in [0.5, 0.6) is 0 Å². The number of carbonyl (C=O) groups is 2. The molecule has 4 heterocycles. The monoisotopic (exact) mass is 483 g/mol. The smallest absolute Gasteiger partial charge is 0.292 e. The molecule has 0 bridgehead atoms. The second-order valence-electron chi connectivity index (χ2n) is 8.12. The quantitative estimate of drug-likeness (QED) is 0.438. The number of halogens is 1. The van der Waals surface area contributed by atoms with Gasteiger partial charge in [0.1, 0.15) is 4.83 Å². The summed E-state index contributed by atoms with van der Waals surface area (Å²) in [6.07, 6.45) is 0. The minimum Gasteiger partial charge on any atom is -0.351 e. The highest BCUT2D eigenvalue weighted by molar-refractivity contribution is 7.20. The molecule has 1 aliphatic rings. The van der Waals surface area contributed by atoms with Gasteiger partial charge in [0.05, 0.1) is 22.8 Å². The van der Waals surface area contributed by atoms with Crippen LogP contribution < -0.4 is 0 Å². The zero-order chi connectivity index (χ0) is 23.1. The van der Waals surface area contributed by atoms with Gasteiger partial charge in [-0.05, 0) is 37.6 Å². The van der Waals surface area contributed by atoms with E-state index in [1.165, 1.54) is 11.3 Å². The maximum absolute atomic E-state index is 13.2. The first-order valence-electron chi connectivity index (χ1n) is 10.6. The Kier molecular flexibility index (Phi) is 5.67. The molecule has 0 aliphatic carbocycles. The molecule has 3 aromatic heterocycles. The van der Waals surface area contributed by atoms with Crippen LogP contribution in [0.25, 0.3) is 10.2 Å². The number of aryl methyl sites for hydroxylation is 2. The summed E-state index contributed by atoms with van der Waals surface area (Å²) in [6.45, 7) is 6.20. The van der Waals surface area contributed by atoms with Gasteiger partial charge in [-0.15, -0.1) is 11.3 Å². The Morgan fingerprint density at radius 3 is 2.33 bits per heavy atom. The standard InChI is InChI=1S/C23H22ClN5O3S/c1-14-11-19(32-26-14)21(30)27-7-9-28(10-8-27)22(31)20-12-18-15(2)25-29(23(18)33-20)13-16-3-5-17(24)6-4-16/h3-6,11-12H,7-10,13H2,1-2H3. The molecule has 5 rings (SSSR count). The van der Waals surface area contributed by atoms with Crippen LogP contribution in [0.15, 0.2) is 40.9 Å². The topological polar surface area (TPSA) is 84.5 Å². The molecule has 0 radical (unpaired) electrons. The van der Waals surface area contributed by atoms with Crippen molar-refractivity contribution >= 4 is 45.0 Å². The first-order valence-corrected chi connectivity index (χ1v) is 11.8. The first-order chi connectivity index (χ1) is 15.9. The normalized spacial score (nSPS) is 14.3. The third-order valence-corrected chi connectivity index (χ3v) is 7.15. The summed E-state index contributed by atoms with van der Waals surface area (Å²) in [7, 11) is 0. The number of piperazine rings is 1. The number of rotatable bonds is 4. The Morgan fingerprint density at radius 1 is 1.03 bits per heavy atom. The zero-order valence-corrected chi connectivity index (χ0v) is 19.8. The Hall–Kier alpha value is -3.17. The van der Waals surface area contributed by atoms with Crippen molar-refractivity contribution in [1.82, 2.24) is 24.7 Å². The van der Waals surface area contributed by atoms with Crippen LogP contribution in [-0.4, -0.2) is 62.7 Å². The van der Waals surface area contributed by atoms with Crippen LogP contribution in [0, 0.1) is 13.8 Å². The molecular formula is C23H22ClN5O3S. The lowest BCUT2D eigenvalue weighted by molar-refractivity contribution is 0.0515. The Balaban J connectivity index is 1.29. The van der Waals surface area contributed by atoms with Gasteiger partial charge in [-0.1, -0.05) is 28.9 Å². The van der Waals surface area contributed by atoms with Crippen LogP contribution in [-0.2, 0) is 6.54 Å². The van der Waals surface area contributed by atoms with Gasteiger partial charge in [-0.2, -0.15) is 5.10 Å². The zero-order valence-electron chi connectivity index (χ0n) is 18.2. The SMILES string of the molecule is Cc1cc(C(=O)N2CCN(C(=O)c3cc4c(C)nn(Cc5ccc(Cl)cc5)c4s3)CC2)on1. The number of benzene rings is 1. The van der Waals surface area contributed by atoms with Crippen molar-refractivity contribution in [3.05, 3.63) is 69.0 Å². The lowest BCUT2D eigenvalue weighted by atomic mass is 10.2. The Bertz CT molecular complexity index is 1330. The van der Waals surface area contributed by atoms with Crippen molar-refractivity contribution in [3.8, 4) is 0 Å². The van der Waals surface area contributed by atoms with Gasteiger partial charge in [0.2, 0.25) is 5.76 Å². The van der Waals surface area contributed by atoms with E-state index in [4.69, 9.17) is 16.1 Å². The number of thiophene rings is 1. The third kappa shape index (κ3) is 4.26. The lowest BCUT2D eigenvalue weighted by Gasteiger charge is -2.34. The van der Waals surface area contributed by atoms with Gasteiger partial charge >= 0.3 is 0 Å². The molecule has 1 fully saturated rings. The van der Waals surface area contributed by atoms with E-state index in [0.717, 1.165) is 21.5 Å². The Morgan fingerprint density at radius 2 is 1.70 bits per heavy atom. The summed E-state index contributed by atoms with van der Waals surface area (Å²) < 4.78 is 7.02. The molecular weight excluding hydrogens is 462 g/mol. The second-order valence-corrected chi connectivity index (χ2v) is 9.58. The molecule has 0 spiro atoms. The van der Waals surface area contributed by atoms with Crippen molar-refractivity contribution in [3.63, 3.8) is 0 Å². The van der Waals surface area contributed by atoms with Crippen LogP contribution in [0.4, 0.5) is 0 Å². The average Bonchev–Trinajstić information content (AvgIpc) is 3.52. The molecule has 33 heavy (non-hydrogen) atoms. The molecule has 0 atom stereocenters. The van der Waals surface area contributed by atoms with E-state index in [2.05, 4.69) is 10.3 Å². The fourth-order valence-electron chi connectivity index (χ4n) is 3.98. The van der Waals surface area contributed by atoms with E-state index in [1.807, 2.05) is 41.9 Å². The number of hydrogen-bond donors (Lipinski definition) is 0. The van der Waals surface area contributed by atoms with Crippen molar-refractivity contribution in [2.24, 2.45) is 0 Å². The molecule has 0 saturated carbocycles. The van der Waals surface area contributed by atoms with Crippen LogP contribution in [0.2, 0.25) is 5.02 Å². The van der Waals surface area contributed by atoms with E-state index < -0.39 is 0 Å². The average molecular weight is 484 g/mol. The maximum Gasteiger partial charge on any atom is 0.292 e. The molecule has 4 aromatic rings. The molecule has 1 saturated heterocycles. The minimum absolute atomic E-state index is 0.0174. The van der Waals surface area contributed by atoms with Crippen molar-refractivity contribution in [1.29, 1.82) is 0 Å². The van der Waals surface area contributed by atoms with Gasteiger partial charge in [0, 0.05) is 42.7 Å². The molecule has 10 heteroatoms. The fraction of sp³-hybridized carbons (Fsp3) is 0.304. The van der Waals surface area contributed by atoms with Crippen LogP contribution in [0.3, 0.4) is 0 Å². The highest BCUT2D eigenvalue weighted by Gasteiger charge is 2.28. The number of nitrogens with zero attached hydrogens (tertiary/aromatic N) is 5. The largest absolute Gasteiger partial charge is 0.351 e. The van der Waals surface area contributed by atoms with E-state index in [0.29, 0.717) is 48.3 Å². The second kappa shape index (κ2) is 8.64. The predicted molar refractivity (Wildman–Crippen MR) is 126 cm³/mol. The molecule has 0 unspecified atom stereocenters. The molecule has 170 valence electrons. The number of hydrogen-bond acceptors (Lipinski definition) is 6. The Labute approximate surface area is 199 Å². The predicted octanol–water partition coefficient (Wildman–Crippen LogP) is 4.00. The van der Waals surface area contributed by atoms with Gasteiger partial charge < -0.3 is 14.3 Å². The highest BCUT2D eigenvalue weighted by atomic mass is 35.5. The number of fused-ring (bicyclic) bond motifs is 1. The molecule has 1 aliphatic heterocycles. The van der Waals surface area contributed by atoms with E-state index in [1.54, 1.807) is 22.8 Å². The number of amides is 2. The summed E-state index contributed by atoms with van der Waals surface area (Å²) in [5, 5.41) is 10.1. The molecule has 1 aromatic carbocycles. The first kappa shape index (κ1) is 21.7. The van der Waals surface area contributed by atoms with Crippen molar-refractivity contribution in [2.75, 3.05) is 26.2 Å². The number of carbonyl (C=O) groups excluding carboxylic acids is 2. The van der Waals surface area contributed by atoms with Crippen LogP contribution >= 0.6 is 22.9 Å². The lowest BCUT2D eigenvalue weighted by Crippen LogP contribution is -2.50.